The Morgan fingerprint density at radius 2 is 1.76 bits per heavy atom. The highest BCUT2D eigenvalue weighted by Crippen LogP contribution is 2.36. The minimum atomic E-state index is -4.73. The molecule has 1 unspecified atom stereocenters. The Balaban J connectivity index is 0.000000244. The minimum Gasteiger partial charge on any atom is -0.497 e. The van der Waals surface area contributed by atoms with Crippen LogP contribution >= 0.6 is 0 Å². The van der Waals surface area contributed by atoms with Crippen LogP contribution in [0, 0.1) is 23.0 Å². The average molecular weight is 534 g/mol. The predicted molar refractivity (Wildman–Crippen MR) is 123 cm³/mol. The summed E-state index contributed by atoms with van der Waals surface area (Å²) in [5.74, 6) is -3.47. The number of ether oxygens (including phenoxy) is 2. The van der Waals surface area contributed by atoms with Gasteiger partial charge in [-0.2, -0.15) is 5.26 Å². The molecule has 2 amide bonds. The largest absolute Gasteiger partial charge is 0.573 e. The van der Waals surface area contributed by atoms with Gasteiger partial charge >= 0.3 is 6.36 Å². The van der Waals surface area contributed by atoms with Gasteiger partial charge in [0.1, 0.15) is 29.2 Å². The smallest absolute Gasteiger partial charge is 0.497 e. The third kappa shape index (κ3) is 6.73. The van der Waals surface area contributed by atoms with Gasteiger partial charge in [0.15, 0.2) is 5.69 Å². The Labute approximate surface area is 213 Å². The number of benzene rings is 2. The summed E-state index contributed by atoms with van der Waals surface area (Å²) in [5, 5.41) is 9.11. The Morgan fingerprint density at radius 1 is 1.13 bits per heavy atom. The SMILES string of the molecule is COc1cc(F)c(C2CC(=O)N(c3cccnc3C#N)C2)c(F)c1.NC(=O)c1ccc(OC(F)(F)F)cc1. The highest BCUT2D eigenvalue weighted by molar-refractivity contribution is 5.97. The van der Waals surface area contributed by atoms with Gasteiger partial charge < -0.3 is 20.1 Å². The number of nitriles is 1. The number of rotatable bonds is 5. The van der Waals surface area contributed by atoms with E-state index in [4.69, 9.17) is 15.7 Å². The second kappa shape index (κ2) is 11.5. The first-order valence-corrected chi connectivity index (χ1v) is 10.8. The second-order valence-electron chi connectivity index (χ2n) is 7.83. The molecule has 38 heavy (non-hydrogen) atoms. The van der Waals surface area contributed by atoms with E-state index in [0.717, 1.165) is 36.4 Å². The summed E-state index contributed by atoms with van der Waals surface area (Å²) in [7, 11) is 1.32. The fourth-order valence-electron chi connectivity index (χ4n) is 3.72. The van der Waals surface area contributed by atoms with Crippen LogP contribution in [0.5, 0.6) is 11.5 Å². The molecule has 1 aliphatic heterocycles. The number of nitrogens with two attached hydrogens (primary N) is 1. The molecular weight excluding hydrogens is 515 g/mol. The Bertz CT molecular complexity index is 1350. The maximum Gasteiger partial charge on any atom is 0.573 e. The van der Waals surface area contributed by atoms with Gasteiger partial charge in [0, 0.05) is 48.3 Å². The van der Waals surface area contributed by atoms with Gasteiger partial charge in [0.2, 0.25) is 11.8 Å². The lowest BCUT2D eigenvalue weighted by molar-refractivity contribution is -0.274. The lowest BCUT2D eigenvalue weighted by Gasteiger charge is -2.18. The van der Waals surface area contributed by atoms with E-state index in [-0.39, 0.29) is 47.2 Å². The van der Waals surface area contributed by atoms with Crippen molar-refractivity contribution in [3.63, 3.8) is 0 Å². The molecule has 0 saturated carbocycles. The first kappa shape index (κ1) is 27.9. The van der Waals surface area contributed by atoms with Crippen molar-refractivity contribution in [3.05, 3.63) is 83.2 Å². The van der Waals surface area contributed by atoms with E-state index in [1.165, 1.54) is 18.2 Å². The molecule has 0 aliphatic carbocycles. The molecule has 1 atom stereocenters. The number of amides is 2. The van der Waals surface area contributed by atoms with Crippen molar-refractivity contribution >= 4 is 17.5 Å². The van der Waals surface area contributed by atoms with Crippen molar-refractivity contribution in [2.45, 2.75) is 18.7 Å². The maximum absolute atomic E-state index is 14.2. The molecule has 2 aromatic carbocycles. The molecule has 1 aromatic heterocycles. The van der Waals surface area contributed by atoms with Crippen molar-refractivity contribution in [2.75, 3.05) is 18.6 Å². The first-order valence-electron chi connectivity index (χ1n) is 10.8. The van der Waals surface area contributed by atoms with Crippen molar-refractivity contribution in [1.82, 2.24) is 4.98 Å². The lowest BCUT2D eigenvalue weighted by atomic mass is 9.97. The molecule has 0 spiro atoms. The predicted octanol–water partition coefficient (Wildman–Crippen LogP) is 4.44. The van der Waals surface area contributed by atoms with Crippen LogP contribution in [0.1, 0.15) is 34.0 Å². The fourth-order valence-corrected chi connectivity index (χ4v) is 3.72. The van der Waals surface area contributed by atoms with E-state index < -0.39 is 29.8 Å². The van der Waals surface area contributed by atoms with Crippen LogP contribution in [-0.2, 0) is 4.79 Å². The van der Waals surface area contributed by atoms with E-state index in [1.54, 1.807) is 12.1 Å². The number of halogens is 5. The molecule has 198 valence electrons. The zero-order valence-corrected chi connectivity index (χ0v) is 19.6. The molecule has 2 N–H and O–H groups in total. The number of alkyl halides is 3. The topological polar surface area (TPSA) is 119 Å². The third-order valence-corrected chi connectivity index (χ3v) is 5.38. The number of carbonyl (C=O) groups is 2. The summed E-state index contributed by atoms with van der Waals surface area (Å²) in [6.45, 7) is 0.0827. The van der Waals surface area contributed by atoms with Crippen LogP contribution in [0.2, 0.25) is 0 Å². The number of anilines is 1. The molecule has 8 nitrogen and oxygen atoms in total. The van der Waals surface area contributed by atoms with Crippen molar-refractivity contribution in [2.24, 2.45) is 5.73 Å². The zero-order chi connectivity index (χ0) is 28.0. The van der Waals surface area contributed by atoms with Gasteiger partial charge in [0.25, 0.3) is 0 Å². The number of hydrogen-bond acceptors (Lipinski definition) is 6. The van der Waals surface area contributed by atoms with E-state index >= 15 is 0 Å². The van der Waals surface area contributed by atoms with E-state index in [9.17, 15) is 31.5 Å². The van der Waals surface area contributed by atoms with Crippen molar-refractivity contribution in [1.29, 1.82) is 5.26 Å². The van der Waals surface area contributed by atoms with Crippen LogP contribution in [0.3, 0.4) is 0 Å². The van der Waals surface area contributed by atoms with Gasteiger partial charge in [-0.1, -0.05) is 0 Å². The van der Waals surface area contributed by atoms with Crippen molar-refractivity contribution in [3.8, 4) is 17.6 Å². The van der Waals surface area contributed by atoms with Gasteiger partial charge in [-0.25, -0.2) is 13.8 Å². The number of aromatic nitrogens is 1. The monoisotopic (exact) mass is 534 g/mol. The number of primary amides is 1. The summed E-state index contributed by atoms with van der Waals surface area (Å²) in [4.78, 5) is 28.1. The Hall–Kier alpha value is -4.73. The molecule has 13 heteroatoms. The molecular formula is C25H19F5N4O4. The maximum atomic E-state index is 14.2. The quantitative estimate of drug-likeness (QED) is 0.484. The standard InChI is InChI=1S/C17H13F2N3O2.C8H6F3NO2/c1-24-11-6-12(18)17(13(19)7-11)10-5-16(23)22(9-10)15-3-2-4-21-14(15)8-20;9-8(10,11)14-6-3-1-5(2-4-6)7(12)13/h2-4,6-7,10H,5,9H2,1H3;1-4H,(H2,12,13). The van der Waals surface area contributed by atoms with E-state index in [1.807, 2.05) is 6.07 Å². The van der Waals surface area contributed by atoms with Gasteiger partial charge in [-0.3, -0.25) is 9.59 Å². The molecule has 0 radical (unpaired) electrons. The summed E-state index contributed by atoms with van der Waals surface area (Å²) >= 11 is 0. The minimum absolute atomic E-state index is 0.0417. The second-order valence-corrected chi connectivity index (χ2v) is 7.83. The molecule has 1 fully saturated rings. The van der Waals surface area contributed by atoms with Crippen LogP contribution < -0.4 is 20.1 Å². The van der Waals surface area contributed by atoms with Crippen LogP contribution in [0.4, 0.5) is 27.6 Å². The third-order valence-electron chi connectivity index (χ3n) is 5.38. The molecule has 4 rings (SSSR count). The zero-order valence-electron chi connectivity index (χ0n) is 19.6. The first-order chi connectivity index (χ1) is 17.9. The normalized spacial score (nSPS) is 14.8. The summed E-state index contributed by atoms with van der Waals surface area (Å²) < 4.78 is 72.0. The van der Waals surface area contributed by atoms with Gasteiger partial charge in [0.05, 0.1) is 12.8 Å². The molecule has 3 aromatic rings. The summed E-state index contributed by atoms with van der Waals surface area (Å²) in [6.07, 6.45) is -3.32. The highest BCUT2D eigenvalue weighted by Gasteiger charge is 2.36. The average Bonchev–Trinajstić information content (AvgIpc) is 3.23. The number of methoxy groups -OCH3 is 1. The van der Waals surface area contributed by atoms with E-state index in [0.29, 0.717) is 5.69 Å². The molecule has 2 heterocycles. The summed E-state index contributed by atoms with van der Waals surface area (Å²) in [5.41, 5.74) is 5.32. The number of hydrogen-bond donors (Lipinski definition) is 1. The van der Waals surface area contributed by atoms with Crippen LogP contribution in [0.15, 0.2) is 54.7 Å². The van der Waals surface area contributed by atoms with Gasteiger partial charge in [-0.15, -0.1) is 13.2 Å². The number of nitrogens with zero attached hydrogens (tertiary/aromatic N) is 3. The van der Waals surface area contributed by atoms with Crippen LogP contribution in [-0.4, -0.2) is 36.8 Å². The molecule has 1 aliphatic rings. The molecule has 1 saturated heterocycles. The Morgan fingerprint density at radius 3 is 2.29 bits per heavy atom. The molecule has 0 bridgehead atoms. The van der Waals surface area contributed by atoms with Crippen molar-refractivity contribution < 1.29 is 41.0 Å². The number of pyridine rings is 1. The summed E-state index contributed by atoms with van der Waals surface area (Å²) in [6, 6.07) is 11.7. The fraction of sp³-hybridized carbons (Fsp3) is 0.200. The van der Waals surface area contributed by atoms with Crippen LogP contribution in [0.25, 0.3) is 0 Å². The van der Waals surface area contributed by atoms with E-state index in [2.05, 4.69) is 9.72 Å². The highest BCUT2D eigenvalue weighted by atomic mass is 19.4. The lowest BCUT2D eigenvalue weighted by Crippen LogP contribution is -2.25. The Kier molecular flexibility index (Phi) is 8.46. The van der Waals surface area contributed by atoms with Gasteiger partial charge in [-0.05, 0) is 36.4 Å². The number of carbonyl (C=O) groups excluding carboxylic acids is 2.